The lowest BCUT2D eigenvalue weighted by molar-refractivity contribution is -0.465. The lowest BCUT2D eigenvalue weighted by atomic mass is 10.3. The molecule has 0 unspecified atom stereocenters. The number of amidine groups is 2. The predicted octanol–water partition coefficient (Wildman–Crippen LogP) is -2.52. The van der Waals surface area contributed by atoms with Crippen LogP contribution in [0.4, 0.5) is 0 Å². The largest absolute Gasteiger partial charge is 1.00 e. The molecular weight excluding hydrogens is 447 g/mol. The van der Waals surface area contributed by atoms with Crippen molar-refractivity contribution >= 4 is 40.1 Å². The fourth-order valence-electron chi connectivity index (χ4n) is 0.488. The maximum Gasteiger partial charge on any atom is 0.293 e. The lowest BCUT2D eigenvalue weighted by Gasteiger charge is -2.30. The van der Waals surface area contributed by atoms with Gasteiger partial charge in [-0.3, -0.25) is 9.48 Å². The summed E-state index contributed by atoms with van der Waals surface area (Å²) in [5.41, 5.74) is 14.6. The molecule has 0 aromatic rings. The summed E-state index contributed by atoms with van der Waals surface area (Å²) in [7, 11) is 9.56. The van der Waals surface area contributed by atoms with Crippen molar-refractivity contribution in [2.24, 2.45) is 22.2 Å². The molecule has 0 fully saturated rings. The van der Waals surface area contributed by atoms with Crippen molar-refractivity contribution in [3.05, 3.63) is 0 Å². The summed E-state index contributed by atoms with van der Waals surface area (Å²) in [6.45, 7) is 5.96. The second kappa shape index (κ2) is 16.7. The van der Waals surface area contributed by atoms with Crippen LogP contribution in [0.2, 0.25) is 0 Å². The third-order valence-corrected chi connectivity index (χ3v) is 3.21. The molecule has 7 nitrogen and oxygen atoms in total. The van der Waals surface area contributed by atoms with Crippen molar-refractivity contribution < 1.29 is 33.3 Å². The van der Waals surface area contributed by atoms with Gasteiger partial charge >= 0.3 is 0 Å². The summed E-state index contributed by atoms with van der Waals surface area (Å²) in [4.78, 5) is 6.12. The van der Waals surface area contributed by atoms with Gasteiger partial charge < -0.3 is 45.9 Å². The van der Waals surface area contributed by atoms with Crippen molar-refractivity contribution in [2.45, 2.75) is 26.5 Å². The number of hydrogen-bond acceptors (Lipinski definition) is 4. The monoisotopic (exact) mass is 480 g/mol. The smallest absolute Gasteiger partial charge is 0.293 e. The Balaban J connectivity index is -0.000000125. The molecule has 0 heterocycles. The van der Waals surface area contributed by atoms with Gasteiger partial charge in [-0.2, -0.15) is 0 Å². The van der Waals surface area contributed by atoms with Crippen LogP contribution in [0, 0.1) is 0 Å². The molecule has 0 aromatic heterocycles. The normalized spacial score (nSPS) is 10.4. The summed E-state index contributed by atoms with van der Waals surface area (Å²) in [5.74, 6) is 0.923. The highest BCUT2D eigenvalue weighted by Crippen LogP contribution is 2.08. The topological polar surface area (TPSA) is 106 Å². The Hall–Kier alpha value is -0.170. The Kier molecular flexibility index (Phi) is 22.3. The molecule has 10 heteroatoms. The van der Waals surface area contributed by atoms with E-state index in [1.807, 2.05) is 64.7 Å². The van der Waals surface area contributed by atoms with Gasteiger partial charge in [0, 0.05) is 14.0 Å². The van der Waals surface area contributed by atoms with Gasteiger partial charge in [0.2, 0.25) is 0 Å². The van der Waals surface area contributed by atoms with E-state index in [2.05, 4.69) is 28.7 Å². The molecule has 0 spiro atoms. The summed E-state index contributed by atoms with van der Waals surface area (Å²) >= 11 is 5.54. The minimum Gasteiger partial charge on any atom is -1.00 e. The van der Waals surface area contributed by atoms with E-state index in [0.29, 0.717) is 5.17 Å². The van der Waals surface area contributed by atoms with E-state index >= 15 is 0 Å². The third kappa shape index (κ3) is 24.2. The van der Waals surface area contributed by atoms with Crippen molar-refractivity contribution in [3.63, 3.8) is 0 Å². The van der Waals surface area contributed by atoms with E-state index in [1.54, 1.807) is 7.11 Å². The number of nitrogens with zero attached hydrogens (tertiary/aromatic N) is 3. The zero-order valence-electron chi connectivity index (χ0n) is 15.7. The minimum atomic E-state index is -0.125. The van der Waals surface area contributed by atoms with Crippen LogP contribution >= 0.6 is 24.0 Å². The molecule has 0 saturated carbocycles. The first kappa shape index (κ1) is 30.7. The maximum absolute atomic E-state index is 5.48. The average Bonchev–Trinajstić information content (AvgIpc) is 2.38. The van der Waals surface area contributed by atoms with Gasteiger partial charge in [-0.25, -0.2) is 0 Å². The van der Waals surface area contributed by atoms with Crippen LogP contribution in [0.25, 0.3) is 0 Å². The van der Waals surface area contributed by atoms with Gasteiger partial charge in [0.1, 0.15) is 5.72 Å². The van der Waals surface area contributed by atoms with Crippen LogP contribution in [-0.2, 0) is 4.74 Å². The number of hydrogen-bond donors (Lipinski definition) is 3. The van der Waals surface area contributed by atoms with Crippen LogP contribution < -0.4 is 41.2 Å². The third-order valence-electron chi connectivity index (χ3n) is 2.70. The van der Waals surface area contributed by atoms with Gasteiger partial charge in [0.15, 0.2) is 5.11 Å². The molecule has 0 bridgehead atoms. The SMILES string of the molecule is COC(C)(C)N(C)C.CSC(N)=NC(C)=[N+](C)C.NC(N)=S.[I-]. The first-order chi connectivity index (χ1) is 9.81. The molecule has 0 aromatic carbocycles. The molecular formula is C13H33IN6OS2. The zero-order valence-corrected chi connectivity index (χ0v) is 19.5. The first-order valence-corrected chi connectivity index (χ1v) is 8.11. The number of thioether (sulfide) groups is 1. The molecule has 0 amide bonds. The van der Waals surface area contributed by atoms with Crippen LogP contribution in [0.15, 0.2) is 4.99 Å². The molecule has 0 rings (SSSR count). The van der Waals surface area contributed by atoms with Gasteiger partial charge in [0.05, 0.1) is 14.1 Å². The number of halogens is 1. The molecule has 6 N–H and O–H groups in total. The van der Waals surface area contributed by atoms with Crippen molar-refractivity contribution in [1.82, 2.24) is 4.90 Å². The quantitative estimate of drug-likeness (QED) is 0.100. The van der Waals surface area contributed by atoms with E-state index in [1.165, 1.54) is 11.8 Å². The Labute approximate surface area is 168 Å². The maximum atomic E-state index is 5.48. The number of ether oxygens (including phenoxy) is 1. The zero-order chi connectivity index (χ0) is 18.5. The highest BCUT2D eigenvalue weighted by Gasteiger charge is 2.17. The molecule has 0 saturated heterocycles. The predicted molar refractivity (Wildman–Crippen MR) is 104 cm³/mol. The Morgan fingerprint density at radius 1 is 1.22 bits per heavy atom. The highest BCUT2D eigenvalue weighted by atomic mass is 127. The summed E-state index contributed by atoms with van der Waals surface area (Å²) in [6, 6.07) is 0. The first-order valence-electron chi connectivity index (χ1n) is 6.48. The fraction of sp³-hybridized carbons (Fsp3) is 0.769. The number of methoxy groups -OCH3 is 1. The molecule has 0 atom stereocenters. The summed E-state index contributed by atoms with van der Waals surface area (Å²) in [6.07, 6.45) is 1.90. The number of thiocarbonyl (C=S) groups is 1. The summed E-state index contributed by atoms with van der Waals surface area (Å²) in [5, 5.41) is 0.603. The molecule has 140 valence electrons. The van der Waals surface area contributed by atoms with Crippen LogP contribution in [0.3, 0.4) is 0 Å². The summed E-state index contributed by atoms with van der Waals surface area (Å²) < 4.78 is 7.04. The van der Waals surface area contributed by atoms with Gasteiger partial charge in [0.25, 0.3) is 11.0 Å². The average molecular weight is 480 g/mol. The highest BCUT2D eigenvalue weighted by molar-refractivity contribution is 8.13. The second-order valence-electron chi connectivity index (χ2n) is 5.04. The molecule has 0 radical (unpaired) electrons. The Morgan fingerprint density at radius 2 is 1.57 bits per heavy atom. The number of rotatable bonds is 2. The van der Waals surface area contributed by atoms with Crippen molar-refractivity contribution in [2.75, 3.05) is 41.6 Å². The van der Waals surface area contributed by atoms with Gasteiger partial charge in [-0.05, 0) is 51.4 Å². The molecule has 0 aliphatic rings. The standard InChI is InChI=1S/C6H13N3S.C6H15NO.CH4N2S.HI/c1-5(9(2)3)8-6(7)10-4;1-6(2,8-5)7(3)4;2-1(3)4;/h7H,1-4H3;1-5H3;(H4,2,3,4);1H. The minimum absolute atomic E-state index is 0. The second-order valence-corrected chi connectivity index (χ2v) is 6.34. The van der Waals surface area contributed by atoms with E-state index < -0.39 is 0 Å². The van der Waals surface area contributed by atoms with Crippen LogP contribution in [0.1, 0.15) is 20.8 Å². The number of aliphatic imine (C=N–C) groups is 1. The lowest BCUT2D eigenvalue weighted by Crippen LogP contribution is -3.00. The molecule has 0 aliphatic carbocycles. The fourth-order valence-corrected chi connectivity index (χ4v) is 0.711. The Bertz CT molecular complexity index is 379. The van der Waals surface area contributed by atoms with Gasteiger partial charge in [-0.15, -0.1) is 0 Å². The molecule has 23 heavy (non-hydrogen) atoms. The molecule has 0 aliphatic heterocycles. The van der Waals surface area contributed by atoms with Crippen LogP contribution in [0.5, 0.6) is 0 Å². The van der Waals surface area contributed by atoms with E-state index in [9.17, 15) is 0 Å². The van der Waals surface area contributed by atoms with E-state index in [4.69, 9.17) is 10.5 Å². The van der Waals surface area contributed by atoms with E-state index in [0.717, 1.165) is 5.84 Å². The van der Waals surface area contributed by atoms with Gasteiger partial charge in [-0.1, -0.05) is 11.8 Å². The Morgan fingerprint density at radius 3 is 1.70 bits per heavy atom. The van der Waals surface area contributed by atoms with Crippen molar-refractivity contribution in [1.29, 1.82) is 0 Å². The number of nitrogens with two attached hydrogens (primary N) is 3. The van der Waals surface area contributed by atoms with Crippen molar-refractivity contribution in [3.8, 4) is 0 Å². The van der Waals surface area contributed by atoms with E-state index in [-0.39, 0.29) is 34.8 Å². The van der Waals surface area contributed by atoms with Crippen LogP contribution in [-0.4, -0.2) is 72.9 Å².